The maximum atomic E-state index is 14.8. The smallest absolute Gasteiger partial charge is 0.245 e. The average molecular weight is 426 g/mol. The summed E-state index contributed by atoms with van der Waals surface area (Å²) in [6.07, 6.45) is 8.36. The van der Waals surface area contributed by atoms with Crippen molar-refractivity contribution < 1.29 is 19.4 Å². The molecule has 4 fully saturated rings. The van der Waals surface area contributed by atoms with Crippen molar-refractivity contribution in [3.8, 4) is 11.3 Å². The van der Waals surface area contributed by atoms with E-state index in [1.807, 2.05) is 10.6 Å². The van der Waals surface area contributed by atoms with Crippen LogP contribution >= 0.6 is 0 Å². The highest BCUT2D eigenvalue weighted by molar-refractivity contribution is 5.77. The Hall–Kier alpha value is -2.25. The third-order valence-corrected chi connectivity index (χ3v) is 8.61. The van der Waals surface area contributed by atoms with Gasteiger partial charge in [0.2, 0.25) is 5.91 Å². The van der Waals surface area contributed by atoms with Gasteiger partial charge in [0.1, 0.15) is 12.4 Å². The van der Waals surface area contributed by atoms with Crippen LogP contribution in [0.5, 0.6) is 0 Å². The van der Waals surface area contributed by atoms with Crippen LogP contribution < -0.4 is 5.32 Å². The van der Waals surface area contributed by atoms with Crippen molar-refractivity contribution in [3.05, 3.63) is 42.1 Å². The van der Waals surface area contributed by atoms with Crippen molar-refractivity contribution in [1.82, 2.24) is 14.9 Å². The molecule has 0 saturated heterocycles. The number of amides is 1. The van der Waals surface area contributed by atoms with Crippen LogP contribution in [0.2, 0.25) is 0 Å². The number of halogens is 1. The molecule has 4 saturated carbocycles. The summed E-state index contributed by atoms with van der Waals surface area (Å²) in [7, 11) is 0. The molecule has 4 unspecified atom stereocenters. The second-order valence-corrected chi connectivity index (χ2v) is 10.2. The lowest BCUT2D eigenvalue weighted by Gasteiger charge is -2.61. The van der Waals surface area contributed by atoms with Gasteiger partial charge >= 0.3 is 0 Å². The lowest BCUT2D eigenvalue weighted by atomic mass is 9.46. The molecule has 1 aromatic heterocycles. The quantitative estimate of drug-likeness (QED) is 0.687. The van der Waals surface area contributed by atoms with Gasteiger partial charge in [0.05, 0.1) is 30.4 Å². The van der Waals surface area contributed by atoms with E-state index in [0.717, 1.165) is 43.4 Å². The fraction of sp³-hybridized carbons (Fsp3) is 0.583. The molecular formula is C24H28FN3O3. The van der Waals surface area contributed by atoms with Crippen molar-refractivity contribution >= 4 is 5.91 Å². The summed E-state index contributed by atoms with van der Waals surface area (Å²) in [5.74, 6) is 0.722. The van der Waals surface area contributed by atoms with Crippen LogP contribution in [-0.2, 0) is 4.79 Å². The van der Waals surface area contributed by atoms with Crippen molar-refractivity contribution in [3.63, 3.8) is 0 Å². The fourth-order valence-corrected chi connectivity index (χ4v) is 7.66. The molecule has 7 heteroatoms. The number of hydrogen-bond donors (Lipinski definition) is 3. The maximum Gasteiger partial charge on any atom is 0.245 e. The van der Waals surface area contributed by atoms with E-state index in [-0.39, 0.29) is 29.2 Å². The van der Waals surface area contributed by atoms with Crippen molar-refractivity contribution in [2.24, 2.45) is 23.2 Å². The molecule has 31 heavy (non-hydrogen) atoms. The van der Waals surface area contributed by atoms with Crippen LogP contribution in [0.15, 0.2) is 30.7 Å². The number of aliphatic hydroxyl groups excluding tert-OH is 2. The lowest BCUT2D eigenvalue weighted by molar-refractivity contribution is -0.146. The lowest BCUT2D eigenvalue weighted by Crippen LogP contribution is -2.62. The number of fused-ring (bicyclic) bond motifs is 3. The van der Waals surface area contributed by atoms with Crippen molar-refractivity contribution in [1.29, 1.82) is 0 Å². The Bertz CT molecular complexity index is 1020. The van der Waals surface area contributed by atoms with Crippen LogP contribution in [0.4, 0.5) is 4.39 Å². The molecule has 164 valence electrons. The SMILES string of the molecule is O=C(CO)NC1C2CC3CC1CC(C(O)CC1c4c(F)cccc4-c4cncn41)(C3)C2. The average Bonchev–Trinajstić information content (AvgIpc) is 3.33. The number of aromatic nitrogens is 2. The highest BCUT2D eigenvalue weighted by atomic mass is 19.1. The molecule has 1 aromatic carbocycles. The van der Waals surface area contributed by atoms with Gasteiger partial charge in [-0.1, -0.05) is 12.1 Å². The standard InChI is InChI=1S/C24H28FN3O3/c25-17-3-1-2-16-19-10-26-12-28(19)18(22(16)17)6-20(30)24-7-13-4-14(8-24)23(15(5-13)9-24)27-21(31)11-29/h1-3,10,12-15,18,20,23,29-30H,4-9,11H2,(H,27,31). The summed E-state index contributed by atoms with van der Waals surface area (Å²) < 4.78 is 16.8. The Morgan fingerprint density at radius 3 is 2.81 bits per heavy atom. The summed E-state index contributed by atoms with van der Waals surface area (Å²) in [5.41, 5.74) is 2.26. The van der Waals surface area contributed by atoms with Gasteiger partial charge in [0, 0.05) is 17.2 Å². The van der Waals surface area contributed by atoms with Crippen LogP contribution in [-0.4, -0.2) is 44.4 Å². The zero-order chi connectivity index (χ0) is 21.3. The molecule has 4 bridgehead atoms. The second-order valence-electron chi connectivity index (χ2n) is 10.2. The molecule has 1 aliphatic heterocycles. The minimum atomic E-state index is -0.541. The number of aliphatic hydroxyl groups is 2. The number of nitrogens with zero attached hydrogens (tertiary/aromatic N) is 2. The summed E-state index contributed by atoms with van der Waals surface area (Å²) in [6, 6.07) is 5.00. The first kappa shape index (κ1) is 19.4. The van der Waals surface area contributed by atoms with Gasteiger partial charge in [-0.15, -0.1) is 0 Å². The van der Waals surface area contributed by atoms with Crippen molar-refractivity contribution in [2.75, 3.05) is 6.61 Å². The number of imidazole rings is 1. The van der Waals surface area contributed by atoms with E-state index in [1.54, 1.807) is 18.6 Å². The molecule has 1 amide bonds. The van der Waals surface area contributed by atoms with Crippen LogP contribution in [0.1, 0.15) is 50.1 Å². The Balaban J connectivity index is 1.28. The predicted molar refractivity (Wildman–Crippen MR) is 111 cm³/mol. The Morgan fingerprint density at radius 1 is 1.29 bits per heavy atom. The minimum absolute atomic E-state index is 0.0985. The molecule has 0 radical (unpaired) electrons. The molecule has 0 spiro atoms. The zero-order valence-electron chi connectivity index (χ0n) is 17.4. The van der Waals surface area contributed by atoms with E-state index >= 15 is 0 Å². The summed E-state index contributed by atoms with van der Waals surface area (Å²) in [4.78, 5) is 16.1. The van der Waals surface area contributed by atoms with Crippen LogP contribution in [0, 0.1) is 29.0 Å². The Morgan fingerprint density at radius 2 is 2.06 bits per heavy atom. The van der Waals surface area contributed by atoms with E-state index in [0.29, 0.717) is 29.7 Å². The van der Waals surface area contributed by atoms with Crippen LogP contribution in [0.25, 0.3) is 11.3 Å². The first-order valence-electron chi connectivity index (χ1n) is 11.4. The summed E-state index contributed by atoms with van der Waals surface area (Å²) in [5, 5.41) is 23.8. The van der Waals surface area contributed by atoms with Gasteiger partial charge in [0.25, 0.3) is 0 Å². The predicted octanol–water partition coefficient (Wildman–Crippen LogP) is 2.65. The summed E-state index contributed by atoms with van der Waals surface area (Å²) in [6.45, 7) is -0.479. The number of carbonyl (C=O) groups is 1. The van der Waals surface area contributed by atoms with E-state index in [1.165, 1.54) is 6.07 Å². The molecule has 3 N–H and O–H groups in total. The monoisotopic (exact) mass is 425 g/mol. The van der Waals surface area contributed by atoms with Gasteiger partial charge < -0.3 is 20.1 Å². The third kappa shape index (κ3) is 2.82. The van der Waals surface area contributed by atoms with Gasteiger partial charge in [-0.05, 0) is 67.8 Å². The number of benzene rings is 1. The number of rotatable bonds is 5. The second kappa shape index (κ2) is 6.87. The van der Waals surface area contributed by atoms with E-state index < -0.39 is 12.7 Å². The van der Waals surface area contributed by atoms with E-state index in [2.05, 4.69) is 10.3 Å². The molecule has 7 rings (SSSR count). The largest absolute Gasteiger partial charge is 0.392 e. The fourth-order valence-electron chi connectivity index (χ4n) is 7.66. The van der Waals surface area contributed by atoms with Gasteiger partial charge in [0.15, 0.2) is 0 Å². The number of nitrogens with one attached hydrogen (secondary N) is 1. The van der Waals surface area contributed by atoms with E-state index in [4.69, 9.17) is 5.11 Å². The maximum absolute atomic E-state index is 14.8. The van der Waals surface area contributed by atoms with E-state index in [9.17, 15) is 14.3 Å². The molecule has 6 nitrogen and oxygen atoms in total. The number of hydrogen-bond acceptors (Lipinski definition) is 4. The Kier molecular flexibility index (Phi) is 4.31. The Labute approximate surface area is 180 Å². The highest BCUT2D eigenvalue weighted by Gasteiger charge is 2.58. The first-order chi connectivity index (χ1) is 15.0. The molecular weight excluding hydrogens is 397 g/mol. The van der Waals surface area contributed by atoms with Crippen LogP contribution in [0.3, 0.4) is 0 Å². The van der Waals surface area contributed by atoms with Crippen molar-refractivity contribution in [2.45, 2.75) is 56.7 Å². The first-order valence-corrected chi connectivity index (χ1v) is 11.4. The molecule has 2 aromatic rings. The molecule has 2 heterocycles. The third-order valence-electron chi connectivity index (χ3n) is 8.61. The van der Waals surface area contributed by atoms with Gasteiger partial charge in [-0.25, -0.2) is 9.37 Å². The van der Waals surface area contributed by atoms with Gasteiger partial charge in [-0.2, -0.15) is 0 Å². The zero-order valence-corrected chi connectivity index (χ0v) is 17.4. The summed E-state index contributed by atoms with van der Waals surface area (Å²) >= 11 is 0. The molecule has 4 aliphatic carbocycles. The topological polar surface area (TPSA) is 87.4 Å². The minimum Gasteiger partial charge on any atom is -0.392 e. The number of carbonyl (C=O) groups excluding carboxylic acids is 1. The normalized spacial score (nSPS) is 35.6. The molecule has 4 atom stereocenters. The molecule has 5 aliphatic rings. The highest BCUT2D eigenvalue weighted by Crippen LogP contribution is 2.62. The van der Waals surface area contributed by atoms with Gasteiger partial charge in [-0.3, -0.25) is 4.79 Å².